The Bertz CT molecular complexity index is 1410. The van der Waals surface area contributed by atoms with E-state index in [1.54, 1.807) is 32.1 Å². The number of aromatic hydroxyl groups is 1. The summed E-state index contributed by atoms with van der Waals surface area (Å²) in [6, 6.07) is 1.33. The molecule has 1 aliphatic heterocycles. The lowest BCUT2D eigenvalue weighted by Gasteiger charge is -2.35. The molecule has 0 fully saturated rings. The number of fused-ring (bicyclic) bond motifs is 4. The molecule has 2 heterocycles. The predicted molar refractivity (Wildman–Crippen MR) is 129 cm³/mol. The van der Waals surface area contributed by atoms with Crippen LogP contribution in [-0.2, 0) is 10.2 Å². The molecule has 0 bridgehead atoms. The van der Waals surface area contributed by atoms with Gasteiger partial charge in [-0.15, -0.1) is 0 Å². The van der Waals surface area contributed by atoms with E-state index in [0.717, 1.165) is 5.57 Å². The number of carboxylic acids is 1. The van der Waals surface area contributed by atoms with Gasteiger partial charge in [-0.1, -0.05) is 17.2 Å². The third-order valence-corrected chi connectivity index (χ3v) is 6.48. The van der Waals surface area contributed by atoms with Gasteiger partial charge in [-0.2, -0.15) is 0 Å². The number of ether oxygens (including phenoxy) is 1. The molecular weight excluding hydrogens is 436 g/mol. The lowest BCUT2D eigenvalue weighted by atomic mass is 9.66. The van der Waals surface area contributed by atoms with Crippen LogP contribution in [0.25, 0.3) is 17.0 Å². The highest BCUT2D eigenvalue weighted by molar-refractivity contribution is 6.13. The van der Waals surface area contributed by atoms with Crippen molar-refractivity contribution in [1.29, 1.82) is 0 Å². The van der Waals surface area contributed by atoms with Gasteiger partial charge < -0.3 is 19.4 Å². The van der Waals surface area contributed by atoms with E-state index in [9.17, 15) is 24.6 Å². The van der Waals surface area contributed by atoms with Crippen LogP contribution in [0.2, 0.25) is 0 Å². The van der Waals surface area contributed by atoms with E-state index in [1.165, 1.54) is 6.07 Å². The molecule has 1 aromatic carbocycles. The third-order valence-electron chi connectivity index (χ3n) is 6.48. The summed E-state index contributed by atoms with van der Waals surface area (Å²) in [5, 5.41) is 21.0. The summed E-state index contributed by atoms with van der Waals surface area (Å²) in [7, 11) is 0. The van der Waals surface area contributed by atoms with E-state index in [-0.39, 0.29) is 35.1 Å². The maximum absolute atomic E-state index is 13.9. The fourth-order valence-electron chi connectivity index (χ4n) is 4.62. The first kappa shape index (κ1) is 23.5. The Balaban J connectivity index is 2.17. The number of carboxylic acid groups (broad SMARTS) is 1. The van der Waals surface area contributed by atoms with Crippen molar-refractivity contribution in [2.75, 3.05) is 0 Å². The average Bonchev–Trinajstić information content (AvgIpc) is 2.72. The zero-order valence-corrected chi connectivity index (χ0v) is 20.2. The molecular formula is C27H28O7. The summed E-state index contributed by atoms with van der Waals surface area (Å²) in [4.78, 5) is 40.1. The topological polar surface area (TPSA) is 114 Å². The zero-order valence-electron chi connectivity index (χ0n) is 20.2. The van der Waals surface area contributed by atoms with Crippen LogP contribution in [-0.4, -0.2) is 27.6 Å². The highest BCUT2D eigenvalue weighted by Crippen LogP contribution is 2.46. The Morgan fingerprint density at radius 3 is 2.44 bits per heavy atom. The molecule has 7 nitrogen and oxygen atoms in total. The van der Waals surface area contributed by atoms with E-state index >= 15 is 0 Å². The second kappa shape index (κ2) is 7.72. The Kier molecular flexibility index (Phi) is 5.35. The number of hydrogen-bond acceptors (Lipinski definition) is 6. The quantitative estimate of drug-likeness (QED) is 0.469. The molecule has 1 aromatic heterocycles. The second-order valence-electron chi connectivity index (χ2n) is 10.0. The molecule has 1 aliphatic carbocycles. The Labute approximate surface area is 197 Å². The minimum atomic E-state index is -1.71. The molecule has 2 aromatic rings. The monoisotopic (exact) mass is 464 g/mol. The number of carbonyl (C=O) groups is 2. The first-order chi connectivity index (χ1) is 15.8. The fraction of sp³-hybridized carbons (Fsp3) is 0.370. The first-order valence-corrected chi connectivity index (χ1v) is 11.1. The summed E-state index contributed by atoms with van der Waals surface area (Å²) in [5.41, 5.74) is -1.05. The van der Waals surface area contributed by atoms with Crippen molar-refractivity contribution in [1.82, 2.24) is 0 Å². The SMILES string of the molecule is CC(C)=CC[C@@]1(C(=O)O)CC(=C(C)C)C(=O)c2oc3c4c(cc(O)c3c(=O)c21)OC(C)(C)C=C4. The van der Waals surface area contributed by atoms with Crippen LogP contribution >= 0.6 is 0 Å². The minimum Gasteiger partial charge on any atom is -0.507 e. The van der Waals surface area contributed by atoms with Gasteiger partial charge in [0.1, 0.15) is 27.9 Å². The summed E-state index contributed by atoms with van der Waals surface area (Å²) in [6.07, 6.45) is 5.11. The number of ketones is 1. The molecule has 2 aliphatic rings. The minimum absolute atomic E-state index is 0.000892. The van der Waals surface area contributed by atoms with Crippen LogP contribution in [0.3, 0.4) is 0 Å². The maximum Gasteiger partial charge on any atom is 0.315 e. The standard InChI is InChI=1S/C27H28O7/c1-13(2)7-10-27(25(31)32)12-16(14(3)4)21(29)24-20(27)22(30)19-17(28)11-18-15(23(19)33-24)8-9-26(5,6)34-18/h7-9,11,28H,10,12H2,1-6H3,(H,31,32)/t27-/m1/s1. The van der Waals surface area contributed by atoms with E-state index in [2.05, 4.69) is 0 Å². The molecule has 0 saturated carbocycles. The van der Waals surface area contributed by atoms with Crippen LogP contribution < -0.4 is 10.2 Å². The summed E-state index contributed by atoms with van der Waals surface area (Å²) < 4.78 is 12.0. The Morgan fingerprint density at radius 2 is 1.85 bits per heavy atom. The van der Waals surface area contributed by atoms with Gasteiger partial charge in [0.2, 0.25) is 11.2 Å². The number of carbonyl (C=O) groups excluding carboxylic acids is 1. The molecule has 2 N–H and O–H groups in total. The number of hydrogen-bond donors (Lipinski definition) is 2. The number of rotatable bonds is 3. The number of phenols is 1. The molecule has 1 atom stereocenters. The van der Waals surface area contributed by atoms with Crippen molar-refractivity contribution in [2.24, 2.45) is 0 Å². The molecule has 0 saturated heterocycles. The van der Waals surface area contributed by atoms with Crippen LogP contribution in [0, 0.1) is 0 Å². The number of benzene rings is 1. The Morgan fingerprint density at radius 1 is 1.18 bits per heavy atom. The first-order valence-electron chi connectivity index (χ1n) is 11.1. The molecule has 0 amide bonds. The van der Waals surface area contributed by atoms with Gasteiger partial charge in [-0.25, -0.2) is 0 Å². The Hall–Kier alpha value is -3.61. The van der Waals surface area contributed by atoms with Gasteiger partial charge in [0.15, 0.2) is 11.3 Å². The van der Waals surface area contributed by atoms with Crippen molar-refractivity contribution in [3.05, 3.63) is 62.0 Å². The zero-order chi connectivity index (χ0) is 25.2. The average molecular weight is 465 g/mol. The molecule has 0 unspecified atom stereocenters. The molecule has 0 spiro atoms. The highest BCUT2D eigenvalue weighted by Gasteiger charge is 2.51. The van der Waals surface area contributed by atoms with Crippen LogP contribution in [0.5, 0.6) is 11.5 Å². The second-order valence-corrected chi connectivity index (χ2v) is 10.0. The van der Waals surface area contributed by atoms with E-state index < -0.39 is 33.9 Å². The van der Waals surface area contributed by atoms with Crippen LogP contribution in [0.4, 0.5) is 0 Å². The van der Waals surface area contributed by atoms with Gasteiger partial charge in [0, 0.05) is 11.6 Å². The molecule has 34 heavy (non-hydrogen) atoms. The van der Waals surface area contributed by atoms with Crippen molar-refractivity contribution in [3.8, 4) is 11.5 Å². The van der Waals surface area contributed by atoms with Gasteiger partial charge in [0.25, 0.3) is 0 Å². The number of Topliss-reactive ketones (excluding diaryl/α,β-unsaturated/α-hetero) is 1. The lowest BCUT2D eigenvalue weighted by molar-refractivity contribution is -0.144. The van der Waals surface area contributed by atoms with E-state index in [4.69, 9.17) is 9.15 Å². The lowest BCUT2D eigenvalue weighted by Crippen LogP contribution is -2.45. The van der Waals surface area contributed by atoms with E-state index in [0.29, 0.717) is 22.5 Å². The molecule has 0 radical (unpaired) electrons. The van der Waals surface area contributed by atoms with Gasteiger partial charge >= 0.3 is 5.97 Å². The van der Waals surface area contributed by atoms with Crippen molar-refractivity contribution in [2.45, 2.75) is 65.4 Å². The van der Waals surface area contributed by atoms with Gasteiger partial charge in [0.05, 0.1) is 11.1 Å². The molecule has 7 heteroatoms. The predicted octanol–water partition coefficient (Wildman–Crippen LogP) is 5.28. The molecule has 4 rings (SSSR count). The summed E-state index contributed by atoms with van der Waals surface area (Å²) in [5.74, 6) is -2.12. The van der Waals surface area contributed by atoms with E-state index in [1.807, 2.05) is 27.7 Å². The van der Waals surface area contributed by atoms with Gasteiger partial charge in [-0.05, 0) is 66.5 Å². The number of phenolic OH excluding ortho intramolecular Hbond substituents is 1. The normalized spacial score (nSPS) is 20.4. The third kappa shape index (κ3) is 3.47. The summed E-state index contributed by atoms with van der Waals surface area (Å²) in [6.45, 7) is 10.8. The smallest absolute Gasteiger partial charge is 0.315 e. The highest BCUT2D eigenvalue weighted by atomic mass is 16.5. The number of aliphatic carboxylic acids is 1. The summed E-state index contributed by atoms with van der Waals surface area (Å²) >= 11 is 0. The van der Waals surface area contributed by atoms with Gasteiger partial charge in [-0.3, -0.25) is 14.4 Å². The largest absolute Gasteiger partial charge is 0.507 e. The van der Waals surface area contributed by atoms with Crippen molar-refractivity contribution in [3.63, 3.8) is 0 Å². The van der Waals surface area contributed by atoms with Crippen LogP contribution in [0.15, 0.2) is 44.1 Å². The number of allylic oxidation sites excluding steroid dienone is 4. The maximum atomic E-state index is 13.9. The van der Waals surface area contributed by atoms with Crippen molar-refractivity contribution >= 4 is 28.8 Å². The fourth-order valence-corrected chi connectivity index (χ4v) is 4.62. The molecule has 178 valence electrons. The van der Waals surface area contributed by atoms with Crippen LogP contribution in [0.1, 0.15) is 76.1 Å². The van der Waals surface area contributed by atoms with Crippen molar-refractivity contribution < 1.29 is 29.0 Å².